The second kappa shape index (κ2) is 4.91. The summed E-state index contributed by atoms with van der Waals surface area (Å²) >= 11 is 0. The third kappa shape index (κ3) is 2.41. The number of pyridine rings is 1. The van der Waals surface area contributed by atoms with Gasteiger partial charge in [-0.3, -0.25) is 10.1 Å². The summed E-state index contributed by atoms with van der Waals surface area (Å²) in [6.45, 7) is 2.11. The van der Waals surface area contributed by atoms with Gasteiger partial charge < -0.3 is 0 Å². The van der Waals surface area contributed by atoms with Crippen molar-refractivity contribution in [2.45, 2.75) is 26.2 Å². The lowest BCUT2D eigenvalue weighted by atomic mass is 10.0. The molecule has 0 N–H and O–H groups in total. The SMILES string of the molecule is CCCCc1cc([N+](=O)[O-])c2ncccc2c1. The molecule has 0 spiro atoms. The van der Waals surface area contributed by atoms with Crippen molar-refractivity contribution in [2.24, 2.45) is 0 Å². The Labute approximate surface area is 99.4 Å². The van der Waals surface area contributed by atoms with Gasteiger partial charge in [-0.15, -0.1) is 0 Å². The Balaban J connectivity index is 2.55. The molecule has 1 aromatic heterocycles. The number of non-ortho nitro benzene ring substituents is 1. The molecule has 0 aliphatic rings. The van der Waals surface area contributed by atoms with Crippen LogP contribution in [0.1, 0.15) is 25.3 Å². The van der Waals surface area contributed by atoms with Gasteiger partial charge in [-0.1, -0.05) is 19.4 Å². The number of unbranched alkanes of at least 4 members (excludes halogenated alkanes) is 1. The summed E-state index contributed by atoms with van der Waals surface area (Å²) in [5, 5.41) is 11.8. The van der Waals surface area contributed by atoms with Crippen LogP contribution in [-0.4, -0.2) is 9.91 Å². The molecule has 1 heterocycles. The number of rotatable bonds is 4. The first-order valence-electron chi connectivity index (χ1n) is 5.74. The van der Waals surface area contributed by atoms with E-state index in [9.17, 15) is 10.1 Å². The minimum Gasteiger partial charge on any atom is -0.258 e. The number of nitro groups is 1. The van der Waals surface area contributed by atoms with E-state index < -0.39 is 0 Å². The molecule has 0 bridgehead atoms. The summed E-state index contributed by atoms with van der Waals surface area (Å²) in [7, 11) is 0. The molecule has 2 rings (SSSR count). The van der Waals surface area contributed by atoms with Crippen LogP contribution in [0.25, 0.3) is 10.9 Å². The van der Waals surface area contributed by atoms with Crippen molar-refractivity contribution < 1.29 is 4.92 Å². The van der Waals surface area contributed by atoms with E-state index in [2.05, 4.69) is 11.9 Å². The zero-order valence-electron chi connectivity index (χ0n) is 9.72. The van der Waals surface area contributed by atoms with E-state index in [4.69, 9.17) is 0 Å². The van der Waals surface area contributed by atoms with Gasteiger partial charge in [0.2, 0.25) is 0 Å². The van der Waals surface area contributed by atoms with Crippen molar-refractivity contribution >= 4 is 16.6 Å². The molecular formula is C13H14N2O2. The van der Waals surface area contributed by atoms with E-state index in [1.165, 1.54) is 0 Å². The first kappa shape index (κ1) is 11.5. The Kier molecular flexibility index (Phi) is 3.32. The van der Waals surface area contributed by atoms with Gasteiger partial charge in [-0.25, -0.2) is 4.98 Å². The van der Waals surface area contributed by atoms with Gasteiger partial charge in [0.1, 0.15) is 5.52 Å². The van der Waals surface area contributed by atoms with E-state index in [0.717, 1.165) is 30.2 Å². The largest absolute Gasteiger partial charge is 0.295 e. The van der Waals surface area contributed by atoms with Crippen molar-refractivity contribution in [3.8, 4) is 0 Å². The average Bonchev–Trinajstić information content (AvgIpc) is 2.35. The fraction of sp³-hybridized carbons (Fsp3) is 0.308. The van der Waals surface area contributed by atoms with Crippen LogP contribution in [0, 0.1) is 10.1 Å². The first-order valence-corrected chi connectivity index (χ1v) is 5.74. The lowest BCUT2D eigenvalue weighted by Gasteiger charge is -2.03. The van der Waals surface area contributed by atoms with Gasteiger partial charge in [-0.2, -0.15) is 0 Å². The number of aryl methyl sites for hydroxylation is 1. The molecule has 0 saturated carbocycles. The fourth-order valence-electron chi connectivity index (χ4n) is 1.90. The zero-order valence-corrected chi connectivity index (χ0v) is 9.72. The Bertz CT molecular complexity index is 552. The van der Waals surface area contributed by atoms with E-state index in [1.807, 2.05) is 12.1 Å². The fourth-order valence-corrected chi connectivity index (χ4v) is 1.90. The molecule has 0 atom stereocenters. The van der Waals surface area contributed by atoms with Gasteiger partial charge in [0.15, 0.2) is 0 Å². The zero-order chi connectivity index (χ0) is 12.3. The van der Waals surface area contributed by atoms with Gasteiger partial charge in [-0.05, 0) is 30.5 Å². The monoisotopic (exact) mass is 230 g/mol. The molecule has 0 aliphatic carbocycles. The van der Waals surface area contributed by atoms with E-state index in [1.54, 1.807) is 18.3 Å². The van der Waals surface area contributed by atoms with Crippen molar-refractivity contribution in [3.63, 3.8) is 0 Å². The highest BCUT2D eigenvalue weighted by Crippen LogP contribution is 2.26. The number of benzene rings is 1. The van der Waals surface area contributed by atoms with Crippen LogP contribution in [0.5, 0.6) is 0 Å². The molecule has 0 unspecified atom stereocenters. The molecule has 1 aromatic carbocycles. The maximum Gasteiger partial charge on any atom is 0.295 e. The molecule has 4 heteroatoms. The maximum absolute atomic E-state index is 11.0. The van der Waals surface area contributed by atoms with Crippen molar-refractivity contribution in [1.82, 2.24) is 4.98 Å². The first-order chi connectivity index (χ1) is 8.22. The van der Waals surface area contributed by atoms with Crippen LogP contribution in [0.3, 0.4) is 0 Å². The van der Waals surface area contributed by atoms with E-state index >= 15 is 0 Å². The lowest BCUT2D eigenvalue weighted by molar-refractivity contribution is -0.383. The normalized spacial score (nSPS) is 10.6. The average molecular weight is 230 g/mol. The van der Waals surface area contributed by atoms with Crippen molar-refractivity contribution in [1.29, 1.82) is 0 Å². The Hall–Kier alpha value is -1.97. The summed E-state index contributed by atoms with van der Waals surface area (Å²) in [6, 6.07) is 7.30. The Morgan fingerprint density at radius 3 is 2.94 bits per heavy atom. The number of aromatic nitrogens is 1. The molecule has 0 amide bonds. The minimum atomic E-state index is -0.356. The second-order valence-corrected chi connectivity index (χ2v) is 4.05. The smallest absolute Gasteiger partial charge is 0.258 e. The highest BCUT2D eigenvalue weighted by atomic mass is 16.6. The van der Waals surface area contributed by atoms with Gasteiger partial charge in [0.25, 0.3) is 5.69 Å². The molecule has 0 fully saturated rings. The van der Waals surface area contributed by atoms with Crippen LogP contribution in [0.15, 0.2) is 30.5 Å². The van der Waals surface area contributed by atoms with Crippen LogP contribution in [0.4, 0.5) is 5.69 Å². The third-order valence-electron chi connectivity index (χ3n) is 2.76. The van der Waals surface area contributed by atoms with Crippen molar-refractivity contribution in [3.05, 3.63) is 46.1 Å². The quantitative estimate of drug-likeness (QED) is 0.596. The summed E-state index contributed by atoms with van der Waals surface area (Å²) < 4.78 is 0. The van der Waals surface area contributed by atoms with Gasteiger partial charge in [0, 0.05) is 17.6 Å². The number of fused-ring (bicyclic) bond motifs is 1. The summed E-state index contributed by atoms with van der Waals surface area (Å²) in [5.74, 6) is 0. The van der Waals surface area contributed by atoms with Crippen LogP contribution >= 0.6 is 0 Å². The third-order valence-corrected chi connectivity index (χ3v) is 2.76. The van der Waals surface area contributed by atoms with Crippen LogP contribution in [-0.2, 0) is 6.42 Å². The predicted octanol–water partition coefficient (Wildman–Crippen LogP) is 3.49. The number of hydrogen-bond donors (Lipinski definition) is 0. The molecule has 0 saturated heterocycles. The maximum atomic E-state index is 11.0. The molecule has 2 aromatic rings. The lowest BCUT2D eigenvalue weighted by Crippen LogP contribution is -1.94. The number of hydrogen-bond acceptors (Lipinski definition) is 3. The number of nitrogens with zero attached hydrogens (tertiary/aromatic N) is 2. The summed E-state index contributed by atoms with van der Waals surface area (Å²) in [5.41, 5.74) is 1.59. The Morgan fingerprint density at radius 1 is 1.41 bits per heavy atom. The van der Waals surface area contributed by atoms with Gasteiger partial charge >= 0.3 is 0 Å². The van der Waals surface area contributed by atoms with Crippen molar-refractivity contribution in [2.75, 3.05) is 0 Å². The predicted molar refractivity (Wildman–Crippen MR) is 67.0 cm³/mol. The summed E-state index contributed by atoms with van der Waals surface area (Å²) in [4.78, 5) is 14.7. The van der Waals surface area contributed by atoms with E-state index in [-0.39, 0.29) is 10.6 Å². The molecule has 17 heavy (non-hydrogen) atoms. The highest BCUT2D eigenvalue weighted by Gasteiger charge is 2.14. The minimum absolute atomic E-state index is 0.106. The highest BCUT2D eigenvalue weighted by molar-refractivity contribution is 5.87. The van der Waals surface area contributed by atoms with Crippen LogP contribution < -0.4 is 0 Å². The standard InChI is InChI=1S/C13H14N2O2/c1-2-3-5-10-8-11-6-4-7-14-13(11)12(9-10)15(16)17/h4,6-9H,2-3,5H2,1H3. The molecule has 0 radical (unpaired) electrons. The Morgan fingerprint density at radius 2 is 2.24 bits per heavy atom. The van der Waals surface area contributed by atoms with Gasteiger partial charge in [0.05, 0.1) is 4.92 Å². The number of nitro benzene ring substituents is 1. The topological polar surface area (TPSA) is 56.0 Å². The molecule has 4 nitrogen and oxygen atoms in total. The van der Waals surface area contributed by atoms with Crippen LogP contribution in [0.2, 0.25) is 0 Å². The summed E-state index contributed by atoms with van der Waals surface area (Å²) in [6.07, 6.45) is 4.59. The molecular weight excluding hydrogens is 216 g/mol. The molecule has 0 aliphatic heterocycles. The second-order valence-electron chi connectivity index (χ2n) is 4.05. The molecule has 88 valence electrons. The van der Waals surface area contributed by atoms with E-state index in [0.29, 0.717) is 5.52 Å².